The van der Waals surface area contributed by atoms with Gasteiger partial charge in [-0.15, -0.1) is 23.4 Å². The topological polar surface area (TPSA) is 12.0 Å². The molecule has 1 atom stereocenters. The molecule has 3 heteroatoms. The van der Waals surface area contributed by atoms with E-state index in [0.29, 0.717) is 5.88 Å². The van der Waals surface area contributed by atoms with Crippen molar-refractivity contribution in [2.24, 2.45) is 0 Å². The fraction of sp³-hybridized carbons (Fsp3) is 0.250. The van der Waals surface area contributed by atoms with E-state index in [1.54, 1.807) is 0 Å². The van der Waals surface area contributed by atoms with Crippen LogP contribution in [0.15, 0.2) is 65.6 Å². The molecule has 0 amide bonds. The second-order valence-electron chi connectivity index (χ2n) is 4.23. The fourth-order valence-electron chi connectivity index (χ4n) is 1.87. The zero-order valence-electron chi connectivity index (χ0n) is 10.8. The molecular weight excluding hydrogens is 274 g/mol. The summed E-state index contributed by atoms with van der Waals surface area (Å²) in [5.74, 6) is 1.64. The van der Waals surface area contributed by atoms with Gasteiger partial charge in [-0.05, 0) is 17.7 Å². The van der Waals surface area contributed by atoms with Crippen LogP contribution in [0.3, 0.4) is 0 Å². The monoisotopic (exact) mass is 291 g/mol. The van der Waals surface area contributed by atoms with Crippen LogP contribution in [0.1, 0.15) is 11.6 Å². The van der Waals surface area contributed by atoms with E-state index in [1.807, 2.05) is 23.9 Å². The van der Waals surface area contributed by atoms with E-state index >= 15 is 0 Å². The minimum absolute atomic E-state index is 0.235. The first-order valence-electron chi connectivity index (χ1n) is 6.42. The Hall–Kier alpha value is -0.960. The van der Waals surface area contributed by atoms with Gasteiger partial charge >= 0.3 is 0 Å². The summed E-state index contributed by atoms with van der Waals surface area (Å²) in [5, 5.41) is 3.50. The molecule has 19 heavy (non-hydrogen) atoms. The third kappa shape index (κ3) is 4.90. The fourth-order valence-corrected chi connectivity index (χ4v) is 2.96. The van der Waals surface area contributed by atoms with Crippen LogP contribution in [0, 0.1) is 0 Å². The van der Waals surface area contributed by atoms with Crippen LogP contribution in [0.5, 0.6) is 0 Å². The third-order valence-electron chi connectivity index (χ3n) is 2.86. The standard InChI is InChI=1S/C16H18ClNS/c17-13-16(14-7-3-1-4-8-14)18-11-12-19-15-9-5-2-6-10-15/h1-10,16,18H,11-13H2. The Bertz CT molecular complexity index is 461. The molecule has 0 spiro atoms. The molecule has 1 nitrogen and oxygen atoms in total. The van der Waals surface area contributed by atoms with E-state index in [9.17, 15) is 0 Å². The van der Waals surface area contributed by atoms with E-state index in [4.69, 9.17) is 11.6 Å². The van der Waals surface area contributed by atoms with Gasteiger partial charge in [0, 0.05) is 29.1 Å². The summed E-state index contributed by atoms with van der Waals surface area (Å²) in [6.07, 6.45) is 0. The van der Waals surface area contributed by atoms with Crippen molar-refractivity contribution in [1.29, 1.82) is 0 Å². The average Bonchev–Trinajstić information content (AvgIpc) is 2.49. The predicted octanol–water partition coefficient (Wildman–Crippen LogP) is 4.35. The van der Waals surface area contributed by atoms with Crippen molar-refractivity contribution in [3.63, 3.8) is 0 Å². The van der Waals surface area contributed by atoms with Gasteiger partial charge in [-0.25, -0.2) is 0 Å². The van der Waals surface area contributed by atoms with Crippen molar-refractivity contribution in [3.8, 4) is 0 Å². The van der Waals surface area contributed by atoms with E-state index in [-0.39, 0.29) is 6.04 Å². The molecule has 2 aromatic rings. The molecule has 0 aromatic heterocycles. The molecule has 2 rings (SSSR count). The molecule has 0 bridgehead atoms. The van der Waals surface area contributed by atoms with Crippen molar-refractivity contribution in [2.45, 2.75) is 10.9 Å². The number of halogens is 1. The van der Waals surface area contributed by atoms with Gasteiger partial charge < -0.3 is 5.32 Å². The van der Waals surface area contributed by atoms with Gasteiger partial charge in [0.15, 0.2) is 0 Å². The summed E-state index contributed by atoms with van der Waals surface area (Å²) in [4.78, 5) is 1.31. The summed E-state index contributed by atoms with van der Waals surface area (Å²) in [7, 11) is 0. The smallest absolute Gasteiger partial charge is 0.0457 e. The molecule has 0 aliphatic heterocycles. The van der Waals surface area contributed by atoms with Crippen LogP contribution in [0.2, 0.25) is 0 Å². The maximum atomic E-state index is 6.03. The Labute approximate surface area is 124 Å². The molecule has 0 radical (unpaired) electrons. The molecule has 1 N–H and O–H groups in total. The Kier molecular flexibility index (Phi) is 6.28. The van der Waals surface area contributed by atoms with Crippen LogP contribution >= 0.6 is 23.4 Å². The van der Waals surface area contributed by atoms with E-state index < -0.39 is 0 Å². The molecule has 2 aromatic carbocycles. The van der Waals surface area contributed by atoms with Crippen LogP contribution in [0.4, 0.5) is 0 Å². The molecular formula is C16H18ClNS. The van der Waals surface area contributed by atoms with E-state index in [1.165, 1.54) is 10.5 Å². The molecule has 0 fully saturated rings. The van der Waals surface area contributed by atoms with Crippen LogP contribution in [-0.4, -0.2) is 18.2 Å². The van der Waals surface area contributed by atoms with Gasteiger partial charge in [0.2, 0.25) is 0 Å². The largest absolute Gasteiger partial charge is 0.308 e. The van der Waals surface area contributed by atoms with Crippen molar-refractivity contribution in [1.82, 2.24) is 5.32 Å². The molecule has 0 aliphatic carbocycles. The lowest BCUT2D eigenvalue weighted by Crippen LogP contribution is -2.24. The molecule has 0 saturated carbocycles. The number of nitrogens with one attached hydrogen (secondary N) is 1. The highest BCUT2D eigenvalue weighted by atomic mass is 35.5. The lowest BCUT2D eigenvalue weighted by Gasteiger charge is -2.16. The minimum Gasteiger partial charge on any atom is -0.308 e. The zero-order valence-corrected chi connectivity index (χ0v) is 12.3. The molecule has 1 unspecified atom stereocenters. The van der Waals surface area contributed by atoms with Crippen molar-refractivity contribution < 1.29 is 0 Å². The predicted molar refractivity (Wildman–Crippen MR) is 85.1 cm³/mol. The first-order valence-corrected chi connectivity index (χ1v) is 7.94. The van der Waals surface area contributed by atoms with Crippen molar-refractivity contribution in [3.05, 3.63) is 66.2 Å². The van der Waals surface area contributed by atoms with Crippen molar-refractivity contribution in [2.75, 3.05) is 18.2 Å². The van der Waals surface area contributed by atoms with E-state index in [0.717, 1.165) is 12.3 Å². The summed E-state index contributed by atoms with van der Waals surface area (Å²) in [6.45, 7) is 0.950. The van der Waals surface area contributed by atoms with Gasteiger partial charge in [-0.2, -0.15) is 0 Å². The first-order chi connectivity index (χ1) is 9.40. The Balaban J connectivity index is 1.75. The average molecular weight is 292 g/mol. The Morgan fingerprint density at radius 1 is 0.947 bits per heavy atom. The van der Waals surface area contributed by atoms with Gasteiger partial charge in [0.25, 0.3) is 0 Å². The van der Waals surface area contributed by atoms with Crippen LogP contribution < -0.4 is 5.32 Å². The van der Waals surface area contributed by atoms with Gasteiger partial charge in [0.05, 0.1) is 0 Å². The van der Waals surface area contributed by atoms with Gasteiger partial charge in [-0.3, -0.25) is 0 Å². The lowest BCUT2D eigenvalue weighted by atomic mass is 10.1. The van der Waals surface area contributed by atoms with Crippen LogP contribution in [0.25, 0.3) is 0 Å². The minimum atomic E-state index is 0.235. The molecule has 0 aliphatic rings. The highest BCUT2D eigenvalue weighted by molar-refractivity contribution is 7.99. The highest BCUT2D eigenvalue weighted by Gasteiger charge is 2.08. The number of hydrogen-bond acceptors (Lipinski definition) is 2. The first kappa shape index (κ1) is 14.4. The molecule has 0 saturated heterocycles. The Morgan fingerprint density at radius 3 is 2.21 bits per heavy atom. The number of benzene rings is 2. The second-order valence-corrected chi connectivity index (χ2v) is 5.71. The second kappa shape index (κ2) is 8.26. The molecule has 100 valence electrons. The summed E-state index contributed by atoms with van der Waals surface area (Å²) >= 11 is 7.89. The summed E-state index contributed by atoms with van der Waals surface area (Å²) < 4.78 is 0. The maximum absolute atomic E-state index is 6.03. The number of hydrogen-bond donors (Lipinski definition) is 1. The number of rotatable bonds is 7. The van der Waals surface area contributed by atoms with Gasteiger partial charge in [-0.1, -0.05) is 48.5 Å². The van der Waals surface area contributed by atoms with Gasteiger partial charge in [0.1, 0.15) is 0 Å². The quantitative estimate of drug-likeness (QED) is 0.462. The summed E-state index contributed by atoms with van der Waals surface area (Å²) in [5.41, 5.74) is 1.25. The SMILES string of the molecule is ClCC(NCCSc1ccccc1)c1ccccc1. The summed E-state index contributed by atoms with van der Waals surface area (Å²) in [6, 6.07) is 21.1. The normalized spacial score (nSPS) is 12.3. The van der Waals surface area contributed by atoms with E-state index in [2.05, 4.69) is 53.8 Å². The number of thioether (sulfide) groups is 1. The zero-order chi connectivity index (χ0) is 13.3. The van der Waals surface area contributed by atoms with Crippen molar-refractivity contribution >= 4 is 23.4 Å². The van der Waals surface area contributed by atoms with Crippen LogP contribution in [-0.2, 0) is 0 Å². The third-order valence-corrected chi connectivity index (χ3v) is 4.18. The number of alkyl halides is 1. The molecule has 0 heterocycles. The highest BCUT2D eigenvalue weighted by Crippen LogP contribution is 2.17. The lowest BCUT2D eigenvalue weighted by molar-refractivity contribution is 0.606. The maximum Gasteiger partial charge on any atom is 0.0457 e. The Morgan fingerprint density at radius 2 is 1.58 bits per heavy atom.